The van der Waals surface area contributed by atoms with E-state index in [1.165, 1.54) is 37.1 Å². The average Bonchev–Trinajstić information content (AvgIpc) is 2.50. The first-order valence-corrected chi connectivity index (χ1v) is 6.70. The first-order valence-electron chi connectivity index (χ1n) is 6.70. The first-order chi connectivity index (χ1) is 10.6. The fourth-order valence-corrected chi connectivity index (χ4v) is 1.68. The lowest BCUT2D eigenvalue weighted by Crippen LogP contribution is -2.45. The van der Waals surface area contributed by atoms with Crippen LogP contribution >= 0.6 is 0 Å². The van der Waals surface area contributed by atoms with Gasteiger partial charge < -0.3 is 9.64 Å². The van der Waals surface area contributed by atoms with Gasteiger partial charge in [0.15, 0.2) is 6.61 Å². The summed E-state index contributed by atoms with van der Waals surface area (Å²) >= 11 is 0. The second-order valence-corrected chi connectivity index (χ2v) is 5.46. The molecule has 0 bridgehead atoms. The molecular formula is C15H17N3O5. The molecule has 122 valence electrons. The molecule has 0 radical (unpaired) electrons. The number of aryl methyl sites for hydroxylation is 1. The van der Waals surface area contributed by atoms with Crippen molar-refractivity contribution >= 4 is 17.6 Å². The van der Waals surface area contributed by atoms with Gasteiger partial charge in [-0.25, -0.2) is 4.79 Å². The van der Waals surface area contributed by atoms with E-state index in [2.05, 4.69) is 0 Å². The average molecular weight is 319 g/mol. The zero-order valence-corrected chi connectivity index (χ0v) is 13.3. The Labute approximate surface area is 133 Å². The molecule has 0 saturated carbocycles. The molecule has 1 aromatic carbocycles. The number of esters is 1. The van der Waals surface area contributed by atoms with Gasteiger partial charge >= 0.3 is 5.97 Å². The predicted octanol–water partition coefficient (Wildman–Crippen LogP) is 1.82. The summed E-state index contributed by atoms with van der Waals surface area (Å²) in [7, 11) is 1.44. The Kier molecular flexibility index (Phi) is 5.41. The van der Waals surface area contributed by atoms with Crippen LogP contribution < -0.4 is 0 Å². The highest BCUT2D eigenvalue weighted by molar-refractivity contribution is 5.92. The summed E-state index contributed by atoms with van der Waals surface area (Å²) in [5.74, 6) is -1.29. The third-order valence-electron chi connectivity index (χ3n) is 3.44. The minimum atomic E-state index is -1.02. The lowest BCUT2D eigenvalue weighted by atomic mass is 10.1. The largest absolute Gasteiger partial charge is 0.452 e. The number of nitro groups is 1. The van der Waals surface area contributed by atoms with Crippen molar-refractivity contribution in [1.29, 1.82) is 5.26 Å². The molecule has 1 aromatic rings. The molecule has 0 aromatic heterocycles. The number of hydrogen-bond donors (Lipinski definition) is 0. The van der Waals surface area contributed by atoms with Crippen molar-refractivity contribution < 1.29 is 19.2 Å². The number of nitro benzene ring substituents is 1. The summed E-state index contributed by atoms with van der Waals surface area (Å²) in [6, 6.07) is 5.77. The molecule has 0 aliphatic carbocycles. The quantitative estimate of drug-likeness (QED) is 0.464. The Morgan fingerprint density at radius 2 is 2.04 bits per heavy atom. The maximum Gasteiger partial charge on any atom is 0.338 e. The van der Waals surface area contributed by atoms with Crippen LogP contribution in [-0.2, 0) is 9.53 Å². The number of carbonyl (C=O) groups excluding carboxylic acids is 2. The summed E-state index contributed by atoms with van der Waals surface area (Å²) in [4.78, 5) is 35.2. The number of amides is 1. The smallest absolute Gasteiger partial charge is 0.338 e. The van der Waals surface area contributed by atoms with E-state index < -0.39 is 28.9 Å². The first kappa shape index (κ1) is 18.1. The van der Waals surface area contributed by atoms with E-state index in [0.29, 0.717) is 5.56 Å². The number of ether oxygens (including phenoxy) is 1. The number of likely N-dealkylation sites (N-methyl/N-ethyl adjacent to an activating group) is 1. The summed E-state index contributed by atoms with van der Waals surface area (Å²) in [6.07, 6.45) is 0. The summed E-state index contributed by atoms with van der Waals surface area (Å²) in [5.41, 5.74) is -0.692. The van der Waals surface area contributed by atoms with Gasteiger partial charge in [0.2, 0.25) is 0 Å². The number of hydrogen-bond acceptors (Lipinski definition) is 6. The normalized spacial score (nSPS) is 10.6. The molecule has 0 heterocycles. The zero-order chi connectivity index (χ0) is 17.8. The summed E-state index contributed by atoms with van der Waals surface area (Å²) in [5, 5.41) is 19.7. The van der Waals surface area contributed by atoms with E-state index in [0.717, 1.165) is 0 Å². The fraction of sp³-hybridized carbons (Fsp3) is 0.400. The molecule has 0 unspecified atom stereocenters. The van der Waals surface area contributed by atoms with Crippen molar-refractivity contribution in [2.45, 2.75) is 26.3 Å². The molecule has 0 atom stereocenters. The van der Waals surface area contributed by atoms with Gasteiger partial charge in [-0.2, -0.15) is 5.26 Å². The van der Waals surface area contributed by atoms with Crippen LogP contribution in [0.1, 0.15) is 29.8 Å². The van der Waals surface area contributed by atoms with Crippen molar-refractivity contribution in [3.63, 3.8) is 0 Å². The summed E-state index contributed by atoms with van der Waals surface area (Å²) < 4.78 is 4.90. The minimum Gasteiger partial charge on any atom is -0.452 e. The molecule has 0 fully saturated rings. The molecule has 8 nitrogen and oxygen atoms in total. The van der Waals surface area contributed by atoms with Crippen LogP contribution in [0.25, 0.3) is 0 Å². The molecule has 0 aliphatic heterocycles. The lowest BCUT2D eigenvalue weighted by Gasteiger charge is -2.28. The predicted molar refractivity (Wildman–Crippen MR) is 80.6 cm³/mol. The molecular weight excluding hydrogens is 302 g/mol. The van der Waals surface area contributed by atoms with E-state index in [1.807, 2.05) is 6.07 Å². The van der Waals surface area contributed by atoms with E-state index >= 15 is 0 Å². The number of carbonyl (C=O) groups is 2. The maximum atomic E-state index is 11.9. The Hall–Kier alpha value is -2.95. The van der Waals surface area contributed by atoms with Crippen LogP contribution in [-0.4, -0.2) is 40.9 Å². The van der Waals surface area contributed by atoms with Crippen LogP contribution in [0.5, 0.6) is 0 Å². The Bertz CT molecular complexity index is 691. The van der Waals surface area contributed by atoms with E-state index in [-0.39, 0.29) is 11.3 Å². The molecule has 1 amide bonds. The molecule has 8 heteroatoms. The van der Waals surface area contributed by atoms with Gasteiger partial charge in [-0.1, -0.05) is 0 Å². The highest BCUT2D eigenvalue weighted by Crippen LogP contribution is 2.19. The topological polar surface area (TPSA) is 114 Å². The van der Waals surface area contributed by atoms with Crippen LogP contribution in [0.4, 0.5) is 5.69 Å². The summed E-state index contributed by atoms with van der Waals surface area (Å²) in [6.45, 7) is 4.11. The van der Waals surface area contributed by atoms with Gasteiger partial charge in [0.25, 0.3) is 11.6 Å². The van der Waals surface area contributed by atoms with Crippen molar-refractivity contribution in [1.82, 2.24) is 4.90 Å². The van der Waals surface area contributed by atoms with Gasteiger partial charge in [0, 0.05) is 18.7 Å². The SMILES string of the molecule is Cc1cc(C(=O)OCC(=O)N(C)C(C)(C)C#N)ccc1[N+](=O)[O-]. The second kappa shape index (κ2) is 6.87. The molecule has 0 saturated heterocycles. The Morgan fingerprint density at radius 1 is 1.43 bits per heavy atom. The standard InChI is InChI=1S/C15H17N3O5/c1-10-7-11(5-6-12(10)18(21)22)14(20)23-8-13(19)17(4)15(2,3)9-16/h5-7H,8H2,1-4H3. The molecule has 23 heavy (non-hydrogen) atoms. The Morgan fingerprint density at radius 3 is 2.52 bits per heavy atom. The van der Waals surface area contributed by atoms with Crippen LogP contribution in [0.3, 0.4) is 0 Å². The van der Waals surface area contributed by atoms with Crippen LogP contribution in [0.15, 0.2) is 18.2 Å². The molecule has 0 aliphatic rings. The second-order valence-electron chi connectivity index (χ2n) is 5.46. The van der Waals surface area contributed by atoms with Gasteiger partial charge in [-0.15, -0.1) is 0 Å². The van der Waals surface area contributed by atoms with Crippen molar-refractivity contribution in [3.8, 4) is 6.07 Å². The van der Waals surface area contributed by atoms with Gasteiger partial charge in [0.1, 0.15) is 5.54 Å². The molecule has 1 rings (SSSR count). The third kappa shape index (κ3) is 4.26. The van der Waals surface area contributed by atoms with E-state index in [9.17, 15) is 19.7 Å². The molecule has 0 N–H and O–H groups in total. The zero-order valence-electron chi connectivity index (χ0n) is 13.3. The van der Waals surface area contributed by atoms with Gasteiger partial charge in [0.05, 0.1) is 16.6 Å². The highest BCUT2D eigenvalue weighted by Gasteiger charge is 2.28. The van der Waals surface area contributed by atoms with Crippen molar-refractivity contribution in [2.24, 2.45) is 0 Å². The van der Waals surface area contributed by atoms with Gasteiger partial charge in [-0.05, 0) is 32.9 Å². The number of benzene rings is 1. The van der Waals surface area contributed by atoms with E-state index in [4.69, 9.17) is 10.00 Å². The third-order valence-corrected chi connectivity index (χ3v) is 3.44. The lowest BCUT2D eigenvalue weighted by molar-refractivity contribution is -0.385. The van der Waals surface area contributed by atoms with E-state index in [1.54, 1.807) is 13.8 Å². The van der Waals surface area contributed by atoms with Crippen molar-refractivity contribution in [3.05, 3.63) is 39.4 Å². The maximum absolute atomic E-state index is 11.9. The number of rotatable bonds is 5. The molecule has 0 spiro atoms. The highest BCUT2D eigenvalue weighted by atomic mass is 16.6. The monoisotopic (exact) mass is 319 g/mol. The minimum absolute atomic E-state index is 0.104. The fourth-order valence-electron chi connectivity index (χ4n) is 1.68. The van der Waals surface area contributed by atoms with Crippen LogP contribution in [0, 0.1) is 28.4 Å². The number of nitriles is 1. The Balaban J connectivity index is 2.75. The van der Waals surface area contributed by atoms with Crippen molar-refractivity contribution in [2.75, 3.05) is 13.7 Å². The van der Waals surface area contributed by atoms with Gasteiger partial charge in [-0.3, -0.25) is 14.9 Å². The number of nitrogens with zero attached hydrogens (tertiary/aromatic N) is 3. The van der Waals surface area contributed by atoms with Crippen LogP contribution in [0.2, 0.25) is 0 Å².